The highest BCUT2D eigenvalue weighted by molar-refractivity contribution is 5.59. The summed E-state index contributed by atoms with van der Waals surface area (Å²) in [6.07, 6.45) is 8.63. The van der Waals surface area contributed by atoms with Crippen LogP contribution in [0.5, 0.6) is 0 Å². The Labute approximate surface area is 100 Å². The monoisotopic (exact) mass is 226 g/mol. The Balaban J connectivity index is 1.72. The molecule has 17 heavy (non-hydrogen) atoms. The van der Waals surface area contributed by atoms with Crippen molar-refractivity contribution in [2.24, 2.45) is 5.10 Å². The minimum Gasteiger partial charge on any atom is -0.260 e. The van der Waals surface area contributed by atoms with Gasteiger partial charge in [-0.2, -0.15) is 5.10 Å². The predicted molar refractivity (Wildman–Crippen MR) is 68.9 cm³/mol. The molecule has 0 atom stereocenters. The van der Waals surface area contributed by atoms with E-state index < -0.39 is 0 Å². The number of nitrogens with zero attached hydrogens (tertiary/aromatic N) is 3. The number of anilines is 1. The molecule has 4 heteroatoms. The molecule has 1 heterocycles. The van der Waals surface area contributed by atoms with Gasteiger partial charge in [-0.05, 0) is 18.4 Å². The maximum atomic E-state index is 4.08. The maximum Gasteiger partial charge on any atom is 0.164 e. The largest absolute Gasteiger partial charge is 0.260 e. The first-order valence-corrected chi connectivity index (χ1v) is 5.52. The zero-order valence-corrected chi connectivity index (χ0v) is 9.45. The van der Waals surface area contributed by atoms with E-state index in [0.717, 1.165) is 12.8 Å². The van der Waals surface area contributed by atoms with Crippen molar-refractivity contribution in [2.75, 3.05) is 5.43 Å². The van der Waals surface area contributed by atoms with Gasteiger partial charge in [-0.3, -0.25) is 10.4 Å². The van der Waals surface area contributed by atoms with Gasteiger partial charge in [0.15, 0.2) is 5.82 Å². The van der Waals surface area contributed by atoms with Gasteiger partial charge in [0, 0.05) is 18.6 Å². The van der Waals surface area contributed by atoms with Gasteiger partial charge in [0.25, 0.3) is 0 Å². The van der Waals surface area contributed by atoms with Crippen LogP contribution in [0.3, 0.4) is 0 Å². The van der Waals surface area contributed by atoms with Crippen molar-refractivity contribution in [2.45, 2.75) is 12.8 Å². The zero-order chi connectivity index (χ0) is 11.8. The van der Waals surface area contributed by atoms with Crippen LogP contribution in [0.1, 0.15) is 12.0 Å². The van der Waals surface area contributed by atoms with E-state index in [4.69, 9.17) is 0 Å². The van der Waals surface area contributed by atoms with Crippen LogP contribution in [-0.4, -0.2) is 16.2 Å². The first-order valence-electron chi connectivity index (χ1n) is 5.52. The molecule has 4 nitrogen and oxygen atoms in total. The SMILES string of the molecule is C(/CCc1ccccc1)=N\Nc1cnccn1. The average molecular weight is 226 g/mol. The highest BCUT2D eigenvalue weighted by Crippen LogP contribution is 2.01. The van der Waals surface area contributed by atoms with E-state index in [1.165, 1.54) is 5.56 Å². The standard InChI is InChI=1S/C13H14N4/c1-2-5-12(6-3-1)7-4-8-16-17-13-11-14-9-10-15-13/h1-3,5-6,8-11H,4,7H2,(H,15,17)/b16-8+. The second-order valence-corrected chi connectivity index (χ2v) is 3.54. The summed E-state index contributed by atoms with van der Waals surface area (Å²) in [6.45, 7) is 0. The lowest BCUT2D eigenvalue weighted by atomic mass is 10.1. The van der Waals surface area contributed by atoms with Gasteiger partial charge < -0.3 is 0 Å². The van der Waals surface area contributed by atoms with Gasteiger partial charge in [-0.25, -0.2) is 4.98 Å². The van der Waals surface area contributed by atoms with Gasteiger partial charge in [0.05, 0.1) is 6.20 Å². The number of hydrogen-bond acceptors (Lipinski definition) is 4. The third-order valence-corrected chi connectivity index (χ3v) is 2.24. The molecular weight excluding hydrogens is 212 g/mol. The zero-order valence-electron chi connectivity index (χ0n) is 9.45. The van der Waals surface area contributed by atoms with E-state index in [1.807, 2.05) is 24.4 Å². The summed E-state index contributed by atoms with van der Waals surface area (Å²) < 4.78 is 0. The lowest BCUT2D eigenvalue weighted by Crippen LogP contribution is -1.93. The van der Waals surface area contributed by atoms with Crippen molar-refractivity contribution in [1.82, 2.24) is 9.97 Å². The van der Waals surface area contributed by atoms with E-state index in [9.17, 15) is 0 Å². The molecule has 0 fully saturated rings. The van der Waals surface area contributed by atoms with Crippen LogP contribution in [0.15, 0.2) is 54.0 Å². The molecule has 0 saturated carbocycles. The van der Waals surface area contributed by atoms with Crippen LogP contribution >= 0.6 is 0 Å². The summed E-state index contributed by atoms with van der Waals surface area (Å²) in [5.41, 5.74) is 4.14. The Hall–Kier alpha value is -2.23. The quantitative estimate of drug-likeness (QED) is 0.629. The minimum atomic E-state index is 0.656. The molecule has 1 aromatic carbocycles. The Kier molecular flexibility index (Phi) is 4.22. The number of aromatic nitrogens is 2. The Morgan fingerprint density at radius 2 is 2.06 bits per heavy atom. The molecule has 1 aromatic heterocycles. The third-order valence-electron chi connectivity index (χ3n) is 2.24. The summed E-state index contributed by atoms with van der Waals surface area (Å²) in [5, 5.41) is 4.08. The molecule has 0 amide bonds. The van der Waals surface area contributed by atoms with Crippen molar-refractivity contribution in [3.05, 3.63) is 54.5 Å². The Bertz CT molecular complexity index is 453. The number of hydrogen-bond donors (Lipinski definition) is 1. The molecule has 0 aliphatic carbocycles. The fourth-order valence-electron chi connectivity index (χ4n) is 1.41. The highest BCUT2D eigenvalue weighted by atomic mass is 15.3. The van der Waals surface area contributed by atoms with E-state index in [2.05, 4.69) is 32.6 Å². The van der Waals surface area contributed by atoms with Crippen LogP contribution in [0.25, 0.3) is 0 Å². The lowest BCUT2D eigenvalue weighted by molar-refractivity contribution is 1.05. The van der Waals surface area contributed by atoms with E-state index in [-0.39, 0.29) is 0 Å². The van der Waals surface area contributed by atoms with Gasteiger partial charge >= 0.3 is 0 Å². The number of aryl methyl sites for hydroxylation is 1. The first-order chi connectivity index (χ1) is 8.45. The predicted octanol–water partition coefficient (Wildman–Crippen LogP) is 2.51. The van der Waals surface area contributed by atoms with Crippen LogP contribution in [-0.2, 0) is 6.42 Å². The van der Waals surface area contributed by atoms with Crippen molar-refractivity contribution in [1.29, 1.82) is 0 Å². The Morgan fingerprint density at radius 1 is 1.18 bits per heavy atom. The van der Waals surface area contributed by atoms with E-state index in [0.29, 0.717) is 5.82 Å². The van der Waals surface area contributed by atoms with Crippen LogP contribution in [0.4, 0.5) is 5.82 Å². The second-order valence-electron chi connectivity index (χ2n) is 3.54. The van der Waals surface area contributed by atoms with Crippen molar-refractivity contribution in [3.8, 4) is 0 Å². The van der Waals surface area contributed by atoms with Crippen LogP contribution in [0, 0.1) is 0 Å². The number of benzene rings is 1. The highest BCUT2D eigenvalue weighted by Gasteiger charge is 1.89. The van der Waals surface area contributed by atoms with Gasteiger partial charge in [-0.1, -0.05) is 30.3 Å². The maximum absolute atomic E-state index is 4.08. The molecule has 0 aliphatic rings. The number of rotatable bonds is 5. The van der Waals surface area contributed by atoms with Crippen LogP contribution in [0.2, 0.25) is 0 Å². The van der Waals surface area contributed by atoms with Gasteiger partial charge in [0.2, 0.25) is 0 Å². The summed E-state index contributed by atoms with van der Waals surface area (Å²) in [6, 6.07) is 10.3. The molecule has 0 unspecified atom stereocenters. The molecule has 1 N–H and O–H groups in total. The number of hydrazone groups is 1. The lowest BCUT2D eigenvalue weighted by Gasteiger charge is -1.98. The Morgan fingerprint density at radius 3 is 2.82 bits per heavy atom. The summed E-state index contributed by atoms with van der Waals surface area (Å²) in [5.74, 6) is 0.656. The molecular formula is C13H14N4. The van der Waals surface area contributed by atoms with Gasteiger partial charge in [0.1, 0.15) is 0 Å². The summed E-state index contributed by atoms with van der Waals surface area (Å²) in [4.78, 5) is 7.98. The molecule has 0 spiro atoms. The molecule has 2 aromatic rings. The number of nitrogens with one attached hydrogen (secondary N) is 1. The molecule has 0 aliphatic heterocycles. The van der Waals surface area contributed by atoms with Crippen molar-refractivity contribution in [3.63, 3.8) is 0 Å². The molecule has 0 radical (unpaired) electrons. The normalized spacial score (nSPS) is 10.6. The fourth-order valence-corrected chi connectivity index (χ4v) is 1.41. The molecule has 86 valence electrons. The molecule has 2 rings (SSSR count). The fraction of sp³-hybridized carbons (Fsp3) is 0.154. The molecule has 0 saturated heterocycles. The smallest absolute Gasteiger partial charge is 0.164 e. The minimum absolute atomic E-state index is 0.656. The topological polar surface area (TPSA) is 50.2 Å². The summed E-state index contributed by atoms with van der Waals surface area (Å²) in [7, 11) is 0. The van der Waals surface area contributed by atoms with E-state index in [1.54, 1.807) is 18.6 Å². The summed E-state index contributed by atoms with van der Waals surface area (Å²) >= 11 is 0. The molecule has 0 bridgehead atoms. The van der Waals surface area contributed by atoms with Crippen molar-refractivity contribution < 1.29 is 0 Å². The third kappa shape index (κ3) is 4.03. The van der Waals surface area contributed by atoms with Gasteiger partial charge in [-0.15, -0.1) is 0 Å². The van der Waals surface area contributed by atoms with E-state index >= 15 is 0 Å². The average Bonchev–Trinajstić information content (AvgIpc) is 2.41. The second kappa shape index (κ2) is 6.37. The first kappa shape index (κ1) is 11.3. The van der Waals surface area contributed by atoms with Crippen LogP contribution < -0.4 is 5.43 Å². The van der Waals surface area contributed by atoms with Crippen molar-refractivity contribution >= 4 is 12.0 Å².